The van der Waals surface area contributed by atoms with E-state index >= 15 is 0 Å². The molecule has 0 saturated heterocycles. The van der Waals surface area contributed by atoms with Crippen LogP contribution in [0.15, 0.2) is 36.4 Å². The number of carbonyl (C=O) groups excluding carboxylic acids is 1. The monoisotopic (exact) mass is 349 g/mol. The first-order valence-electron chi connectivity index (χ1n) is 7.37. The second-order valence-corrected chi connectivity index (χ2v) is 5.53. The third-order valence-corrected chi connectivity index (χ3v) is 4.01. The number of halogens is 1. The van der Waals surface area contributed by atoms with Crippen molar-refractivity contribution < 1.29 is 19.0 Å². The Morgan fingerprint density at radius 3 is 2.17 bits per heavy atom. The molecule has 0 bridgehead atoms. The number of rotatable bonds is 6. The molecule has 128 valence electrons. The van der Waals surface area contributed by atoms with Crippen LogP contribution in [0.2, 0.25) is 5.02 Å². The molecule has 0 aliphatic rings. The van der Waals surface area contributed by atoms with Gasteiger partial charge in [-0.1, -0.05) is 29.8 Å². The highest BCUT2D eigenvalue weighted by Gasteiger charge is 2.20. The summed E-state index contributed by atoms with van der Waals surface area (Å²) in [5, 5.41) is 3.52. The minimum absolute atomic E-state index is 0.260. The molecular weight excluding hydrogens is 330 g/mol. The molecule has 0 aliphatic carbocycles. The number of ether oxygens (including phenoxy) is 3. The SMILES string of the molecule is COc1cc(OC)c(C(=O)N[C@H](C)c2ccccc2Cl)cc1OC. The van der Waals surface area contributed by atoms with E-state index in [1.54, 1.807) is 18.2 Å². The van der Waals surface area contributed by atoms with Gasteiger partial charge < -0.3 is 19.5 Å². The minimum Gasteiger partial charge on any atom is -0.496 e. The molecule has 0 radical (unpaired) electrons. The Morgan fingerprint density at radius 2 is 1.58 bits per heavy atom. The molecule has 0 saturated carbocycles. The lowest BCUT2D eigenvalue weighted by Crippen LogP contribution is -2.27. The van der Waals surface area contributed by atoms with Gasteiger partial charge in [0.05, 0.1) is 32.9 Å². The van der Waals surface area contributed by atoms with E-state index < -0.39 is 0 Å². The summed E-state index contributed by atoms with van der Waals surface area (Å²) in [6.45, 7) is 1.87. The lowest BCUT2D eigenvalue weighted by molar-refractivity contribution is 0.0936. The Morgan fingerprint density at radius 1 is 1.00 bits per heavy atom. The van der Waals surface area contributed by atoms with E-state index in [9.17, 15) is 4.79 Å². The smallest absolute Gasteiger partial charge is 0.255 e. The van der Waals surface area contributed by atoms with Crippen molar-refractivity contribution >= 4 is 17.5 Å². The Hall–Kier alpha value is -2.40. The van der Waals surface area contributed by atoms with Gasteiger partial charge in [0.25, 0.3) is 5.91 Å². The van der Waals surface area contributed by atoms with Gasteiger partial charge in [0.2, 0.25) is 0 Å². The fraction of sp³-hybridized carbons (Fsp3) is 0.278. The summed E-state index contributed by atoms with van der Waals surface area (Å²) in [7, 11) is 4.53. The van der Waals surface area contributed by atoms with Crippen molar-refractivity contribution in [2.45, 2.75) is 13.0 Å². The topological polar surface area (TPSA) is 56.8 Å². The number of methoxy groups -OCH3 is 3. The first-order chi connectivity index (χ1) is 11.5. The zero-order chi connectivity index (χ0) is 17.7. The molecule has 1 atom stereocenters. The Labute approximate surface area is 146 Å². The van der Waals surface area contributed by atoms with Gasteiger partial charge >= 0.3 is 0 Å². The summed E-state index contributed by atoms with van der Waals surface area (Å²) in [6, 6.07) is 10.3. The molecule has 2 aromatic rings. The highest BCUT2D eigenvalue weighted by Crippen LogP contribution is 2.35. The highest BCUT2D eigenvalue weighted by molar-refractivity contribution is 6.31. The molecule has 5 nitrogen and oxygen atoms in total. The third-order valence-electron chi connectivity index (χ3n) is 3.67. The van der Waals surface area contributed by atoms with Gasteiger partial charge in [-0.15, -0.1) is 0 Å². The van der Waals surface area contributed by atoms with Gasteiger partial charge in [-0.3, -0.25) is 4.79 Å². The molecule has 0 spiro atoms. The van der Waals surface area contributed by atoms with Crippen LogP contribution in [0.1, 0.15) is 28.9 Å². The highest BCUT2D eigenvalue weighted by atomic mass is 35.5. The summed E-state index contributed by atoms with van der Waals surface area (Å²) in [6.07, 6.45) is 0. The molecule has 0 aromatic heterocycles. The molecular formula is C18H20ClNO4. The number of hydrogen-bond donors (Lipinski definition) is 1. The molecule has 2 rings (SSSR count). The summed E-state index contributed by atoms with van der Waals surface area (Å²) in [5.74, 6) is 1.05. The largest absolute Gasteiger partial charge is 0.496 e. The number of benzene rings is 2. The van der Waals surface area contributed by atoms with E-state index in [0.717, 1.165) is 5.56 Å². The Bertz CT molecular complexity index is 733. The fourth-order valence-corrected chi connectivity index (χ4v) is 2.68. The van der Waals surface area contributed by atoms with Crippen molar-refractivity contribution in [3.8, 4) is 17.2 Å². The van der Waals surface area contributed by atoms with Gasteiger partial charge in [-0.05, 0) is 18.6 Å². The van der Waals surface area contributed by atoms with E-state index in [1.807, 2.05) is 25.1 Å². The fourth-order valence-electron chi connectivity index (χ4n) is 2.39. The van der Waals surface area contributed by atoms with E-state index in [4.69, 9.17) is 25.8 Å². The second kappa shape index (κ2) is 7.93. The van der Waals surface area contributed by atoms with Gasteiger partial charge in [-0.25, -0.2) is 0 Å². The normalized spacial score (nSPS) is 11.5. The molecule has 24 heavy (non-hydrogen) atoms. The maximum atomic E-state index is 12.7. The van der Waals surface area contributed by atoms with Crippen LogP contribution in [-0.4, -0.2) is 27.2 Å². The second-order valence-electron chi connectivity index (χ2n) is 5.12. The zero-order valence-corrected chi connectivity index (χ0v) is 14.8. The number of nitrogens with one attached hydrogen (secondary N) is 1. The molecule has 0 aliphatic heterocycles. The van der Waals surface area contributed by atoms with Crippen LogP contribution in [0.5, 0.6) is 17.2 Å². The summed E-state index contributed by atoms with van der Waals surface area (Å²) < 4.78 is 15.8. The van der Waals surface area contributed by atoms with Gasteiger partial charge in [0, 0.05) is 17.2 Å². The van der Waals surface area contributed by atoms with Crippen molar-refractivity contribution in [1.82, 2.24) is 5.32 Å². The molecule has 1 amide bonds. The lowest BCUT2D eigenvalue weighted by Gasteiger charge is -2.18. The van der Waals surface area contributed by atoms with Crippen LogP contribution in [-0.2, 0) is 0 Å². The Kier molecular flexibility index (Phi) is 5.93. The van der Waals surface area contributed by atoms with Crippen LogP contribution in [0.4, 0.5) is 0 Å². The van der Waals surface area contributed by atoms with E-state index in [0.29, 0.717) is 27.8 Å². The predicted octanol–water partition coefficient (Wildman–Crippen LogP) is 3.86. The first-order valence-corrected chi connectivity index (χ1v) is 7.74. The number of hydrogen-bond acceptors (Lipinski definition) is 4. The van der Waals surface area contributed by atoms with Crippen molar-refractivity contribution in [1.29, 1.82) is 0 Å². The molecule has 2 aromatic carbocycles. The number of carbonyl (C=O) groups is 1. The number of amides is 1. The average Bonchev–Trinajstić information content (AvgIpc) is 2.60. The molecule has 0 unspecified atom stereocenters. The predicted molar refractivity (Wildman–Crippen MR) is 93.4 cm³/mol. The maximum Gasteiger partial charge on any atom is 0.255 e. The summed E-state index contributed by atoms with van der Waals surface area (Å²) in [5.41, 5.74) is 1.20. The first kappa shape index (κ1) is 17.9. The van der Waals surface area contributed by atoms with Crippen LogP contribution >= 0.6 is 11.6 Å². The van der Waals surface area contributed by atoms with E-state index in [1.165, 1.54) is 21.3 Å². The standard InChI is InChI=1S/C18H20ClNO4/c1-11(12-7-5-6-8-14(12)19)20-18(21)13-9-16(23-3)17(24-4)10-15(13)22-2/h5-11H,1-4H3,(H,20,21)/t11-/m1/s1. The summed E-state index contributed by atoms with van der Waals surface area (Å²) in [4.78, 5) is 12.7. The minimum atomic E-state index is -0.291. The van der Waals surface area contributed by atoms with Crippen LogP contribution in [0.3, 0.4) is 0 Å². The van der Waals surface area contributed by atoms with E-state index in [-0.39, 0.29) is 11.9 Å². The van der Waals surface area contributed by atoms with Crippen molar-refractivity contribution in [2.24, 2.45) is 0 Å². The quantitative estimate of drug-likeness (QED) is 0.860. The molecule has 0 fully saturated rings. The zero-order valence-electron chi connectivity index (χ0n) is 14.1. The third kappa shape index (κ3) is 3.74. The van der Waals surface area contributed by atoms with Gasteiger partial charge in [0.15, 0.2) is 11.5 Å². The van der Waals surface area contributed by atoms with E-state index in [2.05, 4.69) is 5.32 Å². The lowest BCUT2D eigenvalue weighted by atomic mass is 10.1. The average molecular weight is 350 g/mol. The molecule has 1 N–H and O–H groups in total. The van der Waals surface area contributed by atoms with Crippen LogP contribution in [0.25, 0.3) is 0 Å². The van der Waals surface area contributed by atoms with Crippen molar-refractivity contribution in [2.75, 3.05) is 21.3 Å². The summed E-state index contributed by atoms with van der Waals surface area (Å²) >= 11 is 6.18. The Balaban J connectivity index is 2.30. The van der Waals surface area contributed by atoms with Gasteiger partial charge in [-0.2, -0.15) is 0 Å². The van der Waals surface area contributed by atoms with Gasteiger partial charge in [0.1, 0.15) is 5.75 Å². The maximum absolute atomic E-state index is 12.7. The van der Waals surface area contributed by atoms with Crippen molar-refractivity contribution in [3.63, 3.8) is 0 Å². The van der Waals surface area contributed by atoms with Crippen LogP contribution < -0.4 is 19.5 Å². The van der Waals surface area contributed by atoms with Crippen molar-refractivity contribution in [3.05, 3.63) is 52.5 Å². The van der Waals surface area contributed by atoms with Crippen LogP contribution in [0, 0.1) is 0 Å². The molecule has 0 heterocycles. The molecule has 6 heteroatoms.